The number of anilines is 2. The van der Waals surface area contributed by atoms with Crippen LogP contribution in [0.3, 0.4) is 0 Å². The molecule has 4 rings (SSSR count). The van der Waals surface area contributed by atoms with Gasteiger partial charge >= 0.3 is 0 Å². The lowest BCUT2D eigenvalue weighted by atomic mass is 10.0. The highest BCUT2D eigenvalue weighted by molar-refractivity contribution is 6.30. The number of likely N-dealkylation sites (tertiary alicyclic amines) is 1. The quantitative estimate of drug-likeness (QED) is 0.868. The lowest BCUT2D eigenvalue weighted by Crippen LogP contribution is -2.47. The van der Waals surface area contributed by atoms with Crippen molar-refractivity contribution >= 4 is 29.0 Å². The van der Waals surface area contributed by atoms with E-state index in [1.54, 1.807) is 18.3 Å². The Morgan fingerprint density at radius 3 is 2.63 bits per heavy atom. The largest absolute Gasteiger partial charge is 0.347 e. The van der Waals surface area contributed by atoms with E-state index in [1.165, 1.54) is 0 Å². The molecule has 0 unspecified atom stereocenters. The SMILES string of the molecule is Cc1cc(Cl)ccc1Nc1cc(C(=O)N2CCC3(CC2)OCCO3)ccn1. The molecule has 0 saturated carbocycles. The second-order valence-electron chi connectivity index (χ2n) is 6.91. The van der Waals surface area contributed by atoms with Crippen molar-refractivity contribution in [3.8, 4) is 0 Å². The molecule has 6 nitrogen and oxygen atoms in total. The third-order valence-corrected chi connectivity index (χ3v) is 5.32. The number of benzene rings is 1. The van der Waals surface area contributed by atoms with E-state index in [1.807, 2.05) is 30.0 Å². The number of nitrogens with one attached hydrogen (secondary N) is 1. The summed E-state index contributed by atoms with van der Waals surface area (Å²) in [5, 5.41) is 3.94. The normalized spacial score (nSPS) is 18.7. The predicted molar refractivity (Wildman–Crippen MR) is 103 cm³/mol. The van der Waals surface area contributed by atoms with Crippen molar-refractivity contribution in [1.82, 2.24) is 9.88 Å². The van der Waals surface area contributed by atoms with Crippen LogP contribution in [-0.4, -0.2) is 47.9 Å². The summed E-state index contributed by atoms with van der Waals surface area (Å²) in [6.45, 7) is 4.50. The minimum Gasteiger partial charge on any atom is -0.347 e. The van der Waals surface area contributed by atoms with Crippen LogP contribution in [0.1, 0.15) is 28.8 Å². The van der Waals surface area contributed by atoms with Gasteiger partial charge in [-0.15, -0.1) is 0 Å². The molecule has 1 spiro atoms. The van der Waals surface area contributed by atoms with Crippen LogP contribution in [-0.2, 0) is 9.47 Å². The smallest absolute Gasteiger partial charge is 0.254 e. The van der Waals surface area contributed by atoms with E-state index in [0.29, 0.717) is 55.5 Å². The fraction of sp³-hybridized carbons (Fsp3) is 0.400. The van der Waals surface area contributed by atoms with Gasteiger partial charge in [0.25, 0.3) is 5.91 Å². The summed E-state index contributed by atoms with van der Waals surface area (Å²) in [6, 6.07) is 9.14. The highest BCUT2D eigenvalue weighted by Gasteiger charge is 2.40. The molecule has 3 heterocycles. The van der Waals surface area contributed by atoms with E-state index in [-0.39, 0.29) is 5.91 Å². The Balaban J connectivity index is 1.45. The average molecular weight is 388 g/mol. The molecule has 2 aliphatic heterocycles. The van der Waals surface area contributed by atoms with E-state index in [0.717, 1.165) is 11.3 Å². The van der Waals surface area contributed by atoms with Crippen LogP contribution in [0.5, 0.6) is 0 Å². The van der Waals surface area contributed by atoms with Crippen LogP contribution in [0.4, 0.5) is 11.5 Å². The number of rotatable bonds is 3. The Kier molecular flexibility index (Phi) is 5.04. The Morgan fingerprint density at radius 2 is 1.93 bits per heavy atom. The molecule has 0 bridgehead atoms. The summed E-state index contributed by atoms with van der Waals surface area (Å²) in [6.07, 6.45) is 3.06. The van der Waals surface area contributed by atoms with E-state index < -0.39 is 5.79 Å². The number of pyridine rings is 1. The van der Waals surface area contributed by atoms with Gasteiger partial charge < -0.3 is 19.7 Å². The molecule has 142 valence electrons. The van der Waals surface area contributed by atoms with Crippen LogP contribution in [0.25, 0.3) is 0 Å². The summed E-state index contributed by atoms with van der Waals surface area (Å²) >= 11 is 6.01. The molecular formula is C20H22ClN3O3. The van der Waals surface area contributed by atoms with E-state index in [9.17, 15) is 4.79 Å². The summed E-state index contributed by atoms with van der Waals surface area (Å²) in [5.74, 6) is 0.150. The molecule has 2 aromatic rings. The van der Waals surface area contributed by atoms with Gasteiger partial charge in [-0.1, -0.05) is 11.6 Å². The van der Waals surface area contributed by atoms with Gasteiger partial charge in [-0.2, -0.15) is 0 Å². The fourth-order valence-corrected chi connectivity index (χ4v) is 3.78. The maximum Gasteiger partial charge on any atom is 0.254 e. The highest BCUT2D eigenvalue weighted by atomic mass is 35.5. The zero-order chi connectivity index (χ0) is 18.9. The van der Waals surface area contributed by atoms with Crippen molar-refractivity contribution in [3.63, 3.8) is 0 Å². The van der Waals surface area contributed by atoms with Gasteiger partial charge in [-0.05, 0) is 42.8 Å². The number of carbonyl (C=O) groups is 1. The van der Waals surface area contributed by atoms with Gasteiger partial charge in [0.05, 0.1) is 13.2 Å². The molecular weight excluding hydrogens is 366 g/mol. The van der Waals surface area contributed by atoms with Crippen molar-refractivity contribution < 1.29 is 14.3 Å². The first-order valence-corrected chi connectivity index (χ1v) is 9.49. The Hall–Kier alpha value is -2.15. The summed E-state index contributed by atoms with van der Waals surface area (Å²) in [4.78, 5) is 19.1. The molecule has 0 atom stereocenters. The molecule has 2 fully saturated rings. The number of hydrogen-bond donors (Lipinski definition) is 1. The first-order chi connectivity index (χ1) is 13.0. The highest BCUT2D eigenvalue weighted by Crippen LogP contribution is 2.32. The van der Waals surface area contributed by atoms with Crippen molar-refractivity contribution in [2.24, 2.45) is 0 Å². The number of ether oxygens (including phenoxy) is 2. The first kappa shape index (κ1) is 18.2. The molecule has 7 heteroatoms. The number of piperidine rings is 1. The number of hydrogen-bond acceptors (Lipinski definition) is 5. The molecule has 2 aliphatic rings. The predicted octanol–water partition coefficient (Wildman–Crippen LogP) is 3.77. The van der Waals surface area contributed by atoms with Crippen molar-refractivity contribution in [2.75, 3.05) is 31.6 Å². The maximum absolute atomic E-state index is 12.9. The average Bonchev–Trinajstić information content (AvgIpc) is 3.12. The fourth-order valence-electron chi connectivity index (χ4n) is 3.56. The van der Waals surface area contributed by atoms with Gasteiger partial charge in [-0.25, -0.2) is 4.98 Å². The van der Waals surface area contributed by atoms with Crippen LogP contribution in [0.2, 0.25) is 5.02 Å². The second-order valence-corrected chi connectivity index (χ2v) is 7.35. The van der Waals surface area contributed by atoms with Crippen LogP contribution in [0, 0.1) is 6.92 Å². The zero-order valence-corrected chi connectivity index (χ0v) is 16.0. The van der Waals surface area contributed by atoms with E-state index in [2.05, 4.69) is 10.3 Å². The van der Waals surface area contributed by atoms with Gasteiger partial charge in [0.1, 0.15) is 5.82 Å². The second kappa shape index (κ2) is 7.46. The topological polar surface area (TPSA) is 63.7 Å². The van der Waals surface area contributed by atoms with Crippen LogP contribution in [0.15, 0.2) is 36.5 Å². The van der Waals surface area contributed by atoms with Gasteiger partial charge in [0.2, 0.25) is 0 Å². The number of nitrogens with zero attached hydrogens (tertiary/aromatic N) is 2. The Labute approximate surface area is 163 Å². The zero-order valence-electron chi connectivity index (χ0n) is 15.2. The van der Waals surface area contributed by atoms with Crippen molar-refractivity contribution in [1.29, 1.82) is 0 Å². The number of carbonyl (C=O) groups excluding carboxylic acids is 1. The molecule has 1 amide bonds. The summed E-state index contributed by atoms with van der Waals surface area (Å²) < 4.78 is 11.5. The van der Waals surface area contributed by atoms with Crippen LogP contribution >= 0.6 is 11.6 Å². The molecule has 1 aromatic carbocycles. The van der Waals surface area contributed by atoms with Crippen molar-refractivity contribution in [2.45, 2.75) is 25.6 Å². The molecule has 0 aliphatic carbocycles. The molecule has 1 N–H and O–H groups in total. The standard InChI is InChI=1S/C20H22ClN3O3/c1-14-12-16(21)2-3-17(14)23-18-13-15(4-7-22-18)19(25)24-8-5-20(6-9-24)26-10-11-27-20/h2-4,7,12-13H,5-6,8-11H2,1H3,(H,22,23). The van der Waals surface area contributed by atoms with Gasteiger partial charge in [-0.3, -0.25) is 4.79 Å². The van der Waals surface area contributed by atoms with Gasteiger partial charge in [0, 0.05) is 48.4 Å². The Bertz CT molecular complexity index is 842. The number of aromatic nitrogens is 1. The van der Waals surface area contributed by atoms with Gasteiger partial charge in [0.15, 0.2) is 5.79 Å². The molecule has 1 aromatic heterocycles. The number of aryl methyl sites for hydroxylation is 1. The third-order valence-electron chi connectivity index (χ3n) is 5.08. The minimum absolute atomic E-state index is 0.00104. The molecule has 2 saturated heterocycles. The third kappa shape index (κ3) is 3.93. The lowest BCUT2D eigenvalue weighted by molar-refractivity contribution is -0.181. The summed E-state index contributed by atoms with van der Waals surface area (Å²) in [5.41, 5.74) is 2.54. The summed E-state index contributed by atoms with van der Waals surface area (Å²) in [7, 11) is 0. The van der Waals surface area contributed by atoms with E-state index >= 15 is 0 Å². The minimum atomic E-state index is -0.478. The molecule has 0 radical (unpaired) electrons. The number of halogens is 1. The lowest BCUT2D eigenvalue weighted by Gasteiger charge is -2.37. The van der Waals surface area contributed by atoms with Crippen LogP contribution < -0.4 is 5.32 Å². The monoisotopic (exact) mass is 387 g/mol. The maximum atomic E-state index is 12.9. The number of amides is 1. The first-order valence-electron chi connectivity index (χ1n) is 9.11. The Morgan fingerprint density at radius 1 is 1.19 bits per heavy atom. The van der Waals surface area contributed by atoms with Crippen molar-refractivity contribution in [3.05, 3.63) is 52.7 Å². The van der Waals surface area contributed by atoms with E-state index in [4.69, 9.17) is 21.1 Å². The molecule has 27 heavy (non-hydrogen) atoms.